The van der Waals surface area contributed by atoms with Crippen molar-refractivity contribution in [3.8, 4) is 5.75 Å². The molecular formula is C24H33N3O6S. The van der Waals surface area contributed by atoms with Crippen molar-refractivity contribution >= 4 is 27.6 Å². The van der Waals surface area contributed by atoms with E-state index in [9.17, 15) is 18.0 Å². The second-order valence-electron chi connectivity index (χ2n) is 8.59. The molecule has 0 bridgehead atoms. The Morgan fingerprint density at radius 2 is 1.82 bits per heavy atom. The van der Waals surface area contributed by atoms with E-state index in [1.54, 1.807) is 26.8 Å². The van der Waals surface area contributed by atoms with Crippen molar-refractivity contribution in [1.82, 2.24) is 9.29 Å². The molecule has 1 aliphatic heterocycles. The predicted molar refractivity (Wildman–Crippen MR) is 129 cm³/mol. The zero-order valence-corrected chi connectivity index (χ0v) is 21.2. The largest absolute Gasteiger partial charge is 0.489 e. The van der Waals surface area contributed by atoms with Crippen molar-refractivity contribution in [2.75, 3.05) is 25.0 Å². The number of sulfonamides is 1. The van der Waals surface area contributed by atoms with Gasteiger partial charge in [-0.25, -0.2) is 13.2 Å². The second kappa shape index (κ2) is 10.6. The summed E-state index contributed by atoms with van der Waals surface area (Å²) in [6.45, 7) is 9.92. The van der Waals surface area contributed by atoms with Crippen LogP contribution in [0, 0.1) is 13.8 Å². The third-order valence-electron chi connectivity index (χ3n) is 5.66. The van der Waals surface area contributed by atoms with Crippen molar-refractivity contribution in [3.05, 3.63) is 40.7 Å². The highest BCUT2D eigenvalue weighted by Crippen LogP contribution is 2.32. The Kier molecular flexibility index (Phi) is 8.04. The summed E-state index contributed by atoms with van der Waals surface area (Å²) in [4.78, 5) is 28.5. The maximum Gasteiger partial charge on any atom is 0.340 e. The Bertz CT molecular complexity index is 1160. The van der Waals surface area contributed by atoms with E-state index in [0.29, 0.717) is 35.7 Å². The van der Waals surface area contributed by atoms with Crippen molar-refractivity contribution in [2.24, 2.45) is 0 Å². The minimum atomic E-state index is -3.70. The number of rotatable bonds is 8. The van der Waals surface area contributed by atoms with Gasteiger partial charge in [0.25, 0.3) is 5.91 Å². The van der Waals surface area contributed by atoms with Crippen LogP contribution in [0.1, 0.15) is 72.1 Å². The number of nitrogens with one attached hydrogen (secondary N) is 2. The molecule has 0 saturated carbocycles. The third kappa shape index (κ3) is 5.44. The molecule has 0 unspecified atom stereocenters. The summed E-state index contributed by atoms with van der Waals surface area (Å²) < 4.78 is 38.8. The summed E-state index contributed by atoms with van der Waals surface area (Å²) in [6, 6.07) is 4.49. The van der Waals surface area contributed by atoms with Gasteiger partial charge in [-0.2, -0.15) is 4.31 Å². The van der Waals surface area contributed by atoms with Crippen LogP contribution in [-0.4, -0.2) is 55.4 Å². The molecule has 34 heavy (non-hydrogen) atoms. The number of piperidine rings is 1. The number of esters is 1. The number of benzene rings is 1. The SMILES string of the molecule is CCOC(=O)c1c(C)[nH]c(C(=O)Nc2cc(S(=O)(=O)N3CCCCC3)ccc2OC(C)C)c1C. The first-order chi connectivity index (χ1) is 16.1. The number of anilines is 1. The van der Waals surface area contributed by atoms with E-state index in [4.69, 9.17) is 9.47 Å². The fraction of sp³-hybridized carbons (Fsp3) is 0.500. The summed E-state index contributed by atoms with van der Waals surface area (Å²) in [5.74, 6) is -0.670. The van der Waals surface area contributed by atoms with E-state index < -0.39 is 21.9 Å². The number of ether oxygens (including phenoxy) is 2. The molecule has 9 nitrogen and oxygen atoms in total. The maximum absolute atomic E-state index is 13.2. The molecule has 1 fully saturated rings. The first-order valence-electron chi connectivity index (χ1n) is 11.5. The van der Waals surface area contributed by atoms with E-state index in [0.717, 1.165) is 19.3 Å². The van der Waals surface area contributed by atoms with E-state index in [1.807, 2.05) is 13.8 Å². The number of amides is 1. The van der Waals surface area contributed by atoms with Crippen LogP contribution in [-0.2, 0) is 14.8 Å². The molecule has 1 aromatic heterocycles. The first kappa shape index (κ1) is 25.8. The molecule has 3 rings (SSSR count). The lowest BCUT2D eigenvalue weighted by Gasteiger charge is -2.26. The van der Waals surface area contributed by atoms with Gasteiger partial charge in [0.1, 0.15) is 11.4 Å². The lowest BCUT2D eigenvalue weighted by molar-refractivity contribution is 0.0525. The van der Waals surface area contributed by atoms with Crippen molar-refractivity contribution in [1.29, 1.82) is 0 Å². The first-order valence-corrected chi connectivity index (χ1v) is 13.0. The van der Waals surface area contributed by atoms with Crippen molar-refractivity contribution in [2.45, 2.75) is 64.9 Å². The highest BCUT2D eigenvalue weighted by atomic mass is 32.2. The van der Waals surface area contributed by atoms with E-state index in [2.05, 4.69) is 10.3 Å². The number of aryl methyl sites for hydroxylation is 1. The van der Waals surface area contributed by atoms with Crippen LogP contribution in [0.15, 0.2) is 23.1 Å². The smallest absolute Gasteiger partial charge is 0.340 e. The molecule has 0 spiro atoms. The molecule has 1 saturated heterocycles. The Balaban J connectivity index is 1.96. The number of carbonyl (C=O) groups excluding carboxylic acids is 2. The van der Waals surface area contributed by atoms with Crippen LogP contribution in [0.5, 0.6) is 5.75 Å². The molecule has 1 amide bonds. The fourth-order valence-corrected chi connectivity index (χ4v) is 5.59. The van der Waals surface area contributed by atoms with Gasteiger partial charge in [0.05, 0.1) is 28.9 Å². The second-order valence-corrected chi connectivity index (χ2v) is 10.5. The molecule has 2 aromatic rings. The third-order valence-corrected chi connectivity index (χ3v) is 7.55. The average molecular weight is 492 g/mol. The van der Waals surface area contributed by atoms with E-state index >= 15 is 0 Å². The van der Waals surface area contributed by atoms with Gasteiger partial charge in [-0.05, 0) is 71.2 Å². The summed E-state index contributed by atoms with van der Waals surface area (Å²) in [5, 5.41) is 2.77. The molecule has 10 heteroatoms. The number of H-pyrrole nitrogens is 1. The number of hydrogen-bond acceptors (Lipinski definition) is 6. The number of aromatic nitrogens is 1. The molecular weight excluding hydrogens is 458 g/mol. The zero-order valence-electron chi connectivity index (χ0n) is 20.4. The van der Waals surface area contributed by atoms with Crippen LogP contribution in [0.2, 0.25) is 0 Å². The monoisotopic (exact) mass is 491 g/mol. The number of carbonyl (C=O) groups is 2. The lowest BCUT2D eigenvalue weighted by Crippen LogP contribution is -2.35. The molecule has 1 aromatic carbocycles. The van der Waals surface area contributed by atoms with Crippen LogP contribution >= 0.6 is 0 Å². The highest BCUT2D eigenvalue weighted by molar-refractivity contribution is 7.89. The Hall–Kier alpha value is -2.85. The van der Waals surface area contributed by atoms with Crippen molar-refractivity contribution in [3.63, 3.8) is 0 Å². The summed E-state index contributed by atoms with van der Waals surface area (Å²) in [6.07, 6.45) is 2.47. The summed E-state index contributed by atoms with van der Waals surface area (Å²) in [5.41, 5.74) is 1.71. The summed E-state index contributed by atoms with van der Waals surface area (Å²) >= 11 is 0. The number of hydrogen-bond donors (Lipinski definition) is 2. The van der Waals surface area contributed by atoms with Gasteiger partial charge >= 0.3 is 5.97 Å². The fourth-order valence-electron chi connectivity index (χ4n) is 4.05. The minimum Gasteiger partial charge on any atom is -0.489 e. The van der Waals surface area contributed by atoms with Gasteiger partial charge in [0.15, 0.2) is 0 Å². The van der Waals surface area contributed by atoms with Gasteiger partial charge < -0.3 is 19.8 Å². The number of aromatic amines is 1. The van der Waals surface area contributed by atoms with Gasteiger partial charge in [0, 0.05) is 18.8 Å². The molecule has 1 aliphatic rings. The molecule has 0 aliphatic carbocycles. The highest BCUT2D eigenvalue weighted by Gasteiger charge is 2.28. The average Bonchev–Trinajstić information content (AvgIpc) is 3.09. The Labute approximate surface area is 200 Å². The van der Waals surface area contributed by atoms with Gasteiger partial charge in [0.2, 0.25) is 10.0 Å². The molecule has 2 N–H and O–H groups in total. The minimum absolute atomic E-state index is 0.0902. The maximum atomic E-state index is 13.2. The van der Waals surface area contributed by atoms with E-state index in [-0.39, 0.29) is 29.0 Å². The zero-order chi connectivity index (χ0) is 25.0. The standard InChI is InChI=1S/C24H33N3O6S/c1-6-32-24(29)21-16(4)22(25-17(21)5)23(28)26-19-14-18(10-11-20(19)33-15(2)3)34(30,31)27-12-8-7-9-13-27/h10-11,14-15,25H,6-9,12-13H2,1-5H3,(H,26,28). The predicted octanol–water partition coefficient (Wildman–Crippen LogP) is 4.02. The molecule has 2 heterocycles. The van der Waals surface area contributed by atoms with Crippen LogP contribution < -0.4 is 10.1 Å². The van der Waals surface area contributed by atoms with E-state index in [1.165, 1.54) is 16.4 Å². The lowest BCUT2D eigenvalue weighted by atomic mass is 10.1. The van der Waals surface area contributed by atoms with Gasteiger partial charge in [-0.1, -0.05) is 6.42 Å². The normalized spacial score (nSPS) is 14.8. The van der Waals surface area contributed by atoms with Crippen LogP contribution in [0.4, 0.5) is 5.69 Å². The number of nitrogens with zero attached hydrogens (tertiary/aromatic N) is 1. The van der Waals surface area contributed by atoms with Crippen LogP contribution in [0.25, 0.3) is 0 Å². The summed E-state index contributed by atoms with van der Waals surface area (Å²) in [7, 11) is -3.70. The quantitative estimate of drug-likeness (QED) is 0.539. The Morgan fingerprint density at radius 1 is 1.15 bits per heavy atom. The molecule has 186 valence electrons. The molecule has 0 radical (unpaired) electrons. The van der Waals surface area contributed by atoms with Gasteiger partial charge in [-0.15, -0.1) is 0 Å². The Morgan fingerprint density at radius 3 is 2.44 bits per heavy atom. The van der Waals surface area contributed by atoms with Crippen molar-refractivity contribution < 1.29 is 27.5 Å². The molecule has 0 atom stereocenters. The topological polar surface area (TPSA) is 118 Å². The van der Waals surface area contributed by atoms with Gasteiger partial charge in [-0.3, -0.25) is 4.79 Å². The van der Waals surface area contributed by atoms with Crippen LogP contribution in [0.3, 0.4) is 0 Å².